The Balaban J connectivity index is 2.16. The molecular formula is C18H24BrN4O8P. The maximum atomic E-state index is 13.0. The molecule has 2 unspecified atom stereocenters. The summed E-state index contributed by atoms with van der Waals surface area (Å²) in [6.07, 6.45) is 0.0159. The number of alkyl halides is 1. The molecule has 2 atom stereocenters. The SMILES string of the molecule is CCCNP(=O)(NCCBr)OC(C)c1ccc(OCc2ccc([N+](=O)[O-])o2)c([N+](=O)[O-])c1. The third kappa shape index (κ3) is 7.38. The zero-order valence-corrected chi connectivity index (χ0v) is 20.0. The first-order valence-electron chi connectivity index (χ1n) is 9.68. The van der Waals surface area contributed by atoms with Crippen LogP contribution in [0.2, 0.25) is 0 Å². The molecule has 0 spiro atoms. The van der Waals surface area contributed by atoms with Gasteiger partial charge in [-0.15, -0.1) is 0 Å². The standard InChI is InChI=1S/C18H24BrN4O8P/c1-3-9-20-32(28,21-10-8-19)31-13(2)14-4-6-17(16(11-14)22(24)25)29-12-15-5-7-18(30-15)23(26)27/h4-7,11,13H,3,8-10,12H2,1-2H3,(H2,20,21,28). The molecule has 0 amide bonds. The average molecular weight is 535 g/mol. The number of rotatable bonds is 14. The summed E-state index contributed by atoms with van der Waals surface area (Å²) in [4.78, 5) is 20.9. The van der Waals surface area contributed by atoms with Crippen LogP contribution in [0.1, 0.15) is 37.7 Å². The molecule has 0 saturated heterocycles. The van der Waals surface area contributed by atoms with Gasteiger partial charge in [-0.05, 0) is 31.0 Å². The van der Waals surface area contributed by atoms with Crippen molar-refractivity contribution in [1.29, 1.82) is 0 Å². The summed E-state index contributed by atoms with van der Waals surface area (Å²) in [6, 6.07) is 6.76. The third-order valence-electron chi connectivity index (χ3n) is 4.14. The summed E-state index contributed by atoms with van der Waals surface area (Å²) < 4.78 is 29.2. The molecule has 2 rings (SSSR count). The van der Waals surface area contributed by atoms with E-state index < -0.39 is 29.5 Å². The van der Waals surface area contributed by atoms with Crippen molar-refractivity contribution in [2.75, 3.05) is 18.4 Å². The first-order valence-corrected chi connectivity index (χ1v) is 12.4. The van der Waals surface area contributed by atoms with Crippen molar-refractivity contribution in [1.82, 2.24) is 10.2 Å². The fraction of sp³-hybridized carbons (Fsp3) is 0.444. The van der Waals surface area contributed by atoms with Gasteiger partial charge in [0.15, 0.2) is 5.75 Å². The highest BCUT2D eigenvalue weighted by Crippen LogP contribution is 2.44. The van der Waals surface area contributed by atoms with Crippen molar-refractivity contribution in [3.8, 4) is 5.75 Å². The second kappa shape index (κ2) is 12.1. The number of furan rings is 1. The number of hydrogen-bond acceptors (Lipinski definition) is 8. The Hall–Kier alpha value is -2.31. The number of nitro benzene ring substituents is 1. The fourth-order valence-electron chi connectivity index (χ4n) is 2.61. The first kappa shape index (κ1) is 25.9. The maximum Gasteiger partial charge on any atom is 0.433 e. The fourth-order valence-corrected chi connectivity index (χ4v) is 4.86. The summed E-state index contributed by atoms with van der Waals surface area (Å²) in [5, 5.41) is 28.5. The molecule has 14 heteroatoms. The van der Waals surface area contributed by atoms with Crippen LogP contribution < -0.4 is 14.9 Å². The minimum absolute atomic E-state index is 0.0466. The van der Waals surface area contributed by atoms with Crippen molar-refractivity contribution in [3.05, 3.63) is 61.9 Å². The molecule has 0 aliphatic carbocycles. The summed E-state index contributed by atoms with van der Waals surface area (Å²) >= 11 is 3.26. The van der Waals surface area contributed by atoms with E-state index in [1.165, 1.54) is 24.3 Å². The Morgan fingerprint density at radius 3 is 2.47 bits per heavy atom. The lowest BCUT2D eigenvalue weighted by molar-refractivity contribution is -0.402. The smallest absolute Gasteiger partial charge is 0.433 e. The van der Waals surface area contributed by atoms with Gasteiger partial charge in [0.05, 0.1) is 17.1 Å². The van der Waals surface area contributed by atoms with Crippen LogP contribution in [-0.2, 0) is 15.7 Å². The van der Waals surface area contributed by atoms with Gasteiger partial charge in [-0.1, -0.05) is 28.9 Å². The molecule has 1 aromatic carbocycles. The van der Waals surface area contributed by atoms with Crippen LogP contribution in [0, 0.1) is 20.2 Å². The van der Waals surface area contributed by atoms with E-state index in [0.29, 0.717) is 24.0 Å². The molecule has 0 radical (unpaired) electrons. The molecule has 0 saturated carbocycles. The summed E-state index contributed by atoms with van der Waals surface area (Å²) in [7, 11) is -3.38. The molecule has 32 heavy (non-hydrogen) atoms. The van der Waals surface area contributed by atoms with Gasteiger partial charge in [0.25, 0.3) is 0 Å². The molecule has 0 aliphatic rings. The normalized spacial score (nSPS) is 14.0. The lowest BCUT2D eigenvalue weighted by atomic mass is 10.1. The number of halogens is 1. The summed E-state index contributed by atoms with van der Waals surface area (Å²) in [5.41, 5.74) is 0.0978. The maximum absolute atomic E-state index is 13.0. The Morgan fingerprint density at radius 2 is 1.88 bits per heavy atom. The van der Waals surface area contributed by atoms with Gasteiger partial charge < -0.3 is 9.15 Å². The Kier molecular flexibility index (Phi) is 9.79. The topological polar surface area (TPSA) is 159 Å². The number of hydrogen-bond donors (Lipinski definition) is 2. The van der Waals surface area contributed by atoms with Crippen LogP contribution in [0.25, 0.3) is 0 Å². The highest BCUT2D eigenvalue weighted by atomic mass is 79.9. The highest BCUT2D eigenvalue weighted by molar-refractivity contribution is 9.09. The molecule has 0 bridgehead atoms. The van der Waals surface area contributed by atoms with Crippen molar-refractivity contribution in [2.24, 2.45) is 0 Å². The highest BCUT2D eigenvalue weighted by Gasteiger charge is 2.27. The second-order valence-electron chi connectivity index (χ2n) is 6.57. The van der Waals surface area contributed by atoms with Crippen LogP contribution in [0.15, 0.2) is 34.7 Å². The van der Waals surface area contributed by atoms with E-state index in [4.69, 9.17) is 13.7 Å². The molecule has 2 aromatic rings. The molecule has 12 nitrogen and oxygen atoms in total. The Bertz CT molecular complexity index is 974. The molecule has 2 N–H and O–H groups in total. The number of ether oxygens (including phenoxy) is 1. The molecule has 0 aliphatic heterocycles. The van der Waals surface area contributed by atoms with Crippen molar-refractivity contribution in [3.63, 3.8) is 0 Å². The van der Waals surface area contributed by atoms with Crippen molar-refractivity contribution < 1.29 is 28.1 Å². The van der Waals surface area contributed by atoms with Gasteiger partial charge in [-0.3, -0.25) is 29.3 Å². The minimum Gasteiger partial charge on any atom is -0.479 e. The number of nitro groups is 2. The molecular weight excluding hydrogens is 511 g/mol. The van der Waals surface area contributed by atoms with Gasteiger partial charge in [-0.25, -0.2) is 10.2 Å². The summed E-state index contributed by atoms with van der Waals surface area (Å²) in [5.74, 6) is -0.351. The molecule has 176 valence electrons. The zero-order chi connectivity index (χ0) is 23.7. The van der Waals surface area contributed by atoms with Crippen LogP contribution in [0.4, 0.5) is 11.6 Å². The lowest BCUT2D eigenvalue weighted by Gasteiger charge is -2.24. The van der Waals surface area contributed by atoms with Crippen LogP contribution >= 0.6 is 23.6 Å². The van der Waals surface area contributed by atoms with E-state index >= 15 is 0 Å². The van der Waals surface area contributed by atoms with E-state index in [-0.39, 0.29) is 23.8 Å². The van der Waals surface area contributed by atoms with Gasteiger partial charge in [0, 0.05) is 24.5 Å². The van der Waals surface area contributed by atoms with Gasteiger partial charge in [0.2, 0.25) is 0 Å². The monoisotopic (exact) mass is 534 g/mol. The third-order valence-corrected chi connectivity index (χ3v) is 6.43. The van der Waals surface area contributed by atoms with E-state index in [1.54, 1.807) is 13.0 Å². The van der Waals surface area contributed by atoms with E-state index in [9.17, 15) is 24.8 Å². The quantitative estimate of drug-likeness (QED) is 0.148. The van der Waals surface area contributed by atoms with E-state index in [2.05, 4.69) is 26.1 Å². The zero-order valence-electron chi connectivity index (χ0n) is 17.5. The predicted octanol–water partition coefficient (Wildman–Crippen LogP) is 4.84. The van der Waals surface area contributed by atoms with E-state index in [1.807, 2.05) is 6.92 Å². The van der Waals surface area contributed by atoms with Gasteiger partial charge in [0.1, 0.15) is 17.3 Å². The molecule has 1 aromatic heterocycles. The van der Waals surface area contributed by atoms with E-state index in [0.717, 1.165) is 6.42 Å². The van der Waals surface area contributed by atoms with Crippen LogP contribution in [-0.4, -0.2) is 28.3 Å². The predicted molar refractivity (Wildman–Crippen MR) is 120 cm³/mol. The largest absolute Gasteiger partial charge is 0.479 e. The number of nitrogens with zero attached hydrogens (tertiary/aromatic N) is 2. The molecule has 1 heterocycles. The average Bonchev–Trinajstić information content (AvgIpc) is 3.24. The van der Waals surface area contributed by atoms with Gasteiger partial charge in [-0.2, -0.15) is 0 Å². The van der Waals surface area contributed by atoms with Crippen LogP contribution in [0.5, 0.6) is 5.75 Å². The Morgan fingerprint density at radius 1 is 1.16 bits per heavy atom. The Labute approximate surface area is 192 Å². The number of nitrogens with one attached hydrogen (secondary N) is 2. The van der Waals surface area contributed by atoms with Crippen LogP contribution in [0.3, 0.4) is 0 Å². The second-order valence-corrected chi connectivity index (χ2v) is 9.31. The lowest BCUT2D eigenvalue weighted by Crippen LogP contribution is -2.27. The first-order chi connectivity index (χ1) is 15.2. The number of benzene rings is 1. The van der Waals surface area contributed by atoms with Crippen molar-refractivity contribution in [2.45, 2.75) is 33.0 Å². The van der Waals surface area contributed by atoms with Crippen molar-refractivity contribution >= 4 is 35.2 Å². The molecule has 0 fully saturated rings. The minimum atomic E-state index is -3.38. The van der Waals surface area contributed by atoms with Gasteiger partial charge >= 0.3 is 19.2 Å². The summed E-state index contributed by atoms with van der Waals surface area (Å²) in [6.45, 7) is 4.20.